The largest absolute Gasteiger partial charge is 0.347 e. The number of amides is 1. The van der Waals surface area contributed by atoms with Crippen molar-refractivity contribution in [2.24, 2.45) is 5.10 Å². The Kier molecular flexibility index (Phi) is 6.08. The summed E-state index contributed by atoms with van der Waals surface area (Å²) < 4.78 is 11.7. The molecule has 0 N–H and O–H groups in total. The van der Waals surface area contributed by atoms with Crippen LogP contribution in [0.4, 0.5) is 0 Å². The van der Waals surface area contributed by atoms with Crippen molar-refractivity contribution in [1.82, 2.24) is 9.91 Å². The molecule has 0 unspecified atom stereocenters. The van der Waals surface area contributed by atoms with Gasteiger partial charge in [-0.2, -0.15) is 5.10 Å². The zero-order chi connectivity index (χ0) is 23.0. The molecule has 3 aliphatic heterocycles. The van der Waals surface area contributed by atoms with Gasteiger partial charge in [0, 0.05) is 32.4 Å². The summed E-state index contributed by atoms with van der Waals surface area (Å²) in [5.74, 6) is -0.377. The van der Waals surface area contributed by atoms with Gasteiger partial charge in [0.05, 0.1) is 31.5 Å². The molecule has 3 heterocycles. The van der Waals surface area contributed by atoms with Crippen molar-refractivity contribution in [2.75, 3.05) is 32.8 Å². The van der Waals surface area contributed by atoms with E-state index in [4.69, 9.17) is 14.6 Å². The highest BCUT2D eigenvalue weighted by molar-refractivity contribution is 6.03. The van der Waals surface area contributed by atoms with E-state index in [9.17, 15) is 4.79 Å². The van der Waals surface area contributed by atoms with Crippen molar-refractivity contribution in [3.8, 4) is 0 Å². The SMILES string of the molecule is Cc1ccc(C2=NN(C(=O)CN3CCC4(CC3)OCCO4)[C@@H](c3cc(C)ccc3C)C2)cc1. The summed E-state index contributed by atoms with van der Waals surface area (Å²) in [4.78, 5) is 15.8. The van der Waals surface area contributed by atoms with Gasteiger partial charge in [0.25, 0.3) is 5.91 Å². The lowest BCUT2D eigenvalue weighted by molar-refractivity contribution is -0.186. The maximum Gasteiger partial charge on any atom is 0.257 e. The third-order valence-electron chi connectivity index (χ3n) is 7.13. The molecule has 6 nitrogen and oxygen atoms in total. The van der Waals surface area contributed by atoms with E-state index in [1.54, 1.807) is 5.01 Å². The predicted molar refractivity (Wildman–Crippen MR) is 128 cm³/mol. The second-order valence-corrected chi connectivity index (χ2v) is 9.61. The van der Waals surface area contributed by atoms with Crippen LogP contribution < -0.4 is 0 Å². The Morgan fingerprint density at radius 1 is 1.00 bits per heavy atom. The minimum absolute atomic E-state index is 0.0484. The molecule has 1 spiro atoms. The normalized spacial score (nSPS) is 22.7. The predicted octanol–water partition coefficient (Wildman–Crippen LogP) is 4.13. The molecule has 6 heteroatoms. The molecule has 33 heavy (non-hydrogen) atoms. The van der Waals surface area contributed by atoms with Gasteiger partial charge in [-0.1, -0.05) is 53.6 Å². The average Bonchev–Trinajstić information content (AvgIpc) is 3.45. The van der Waals surface area contributed by atoms with Gasteiger partial charge in [0.1, 0.15) is 0 Å². The minimum Gasteiger partial charge on any atom is -0.347 e. The first-order chi connectivity index (χ1) is 15.9. The van der Waals surface area contributed by atoms with Gasteiger partial charge in [-0.05, 0) is 37.5 Å². The Morgan fingerprint density at radius 2 is 1.67 bits per heavy atom. The van der Waals surface area contributed by atoms with Crippen molar-refractivity contribution in [3.63, 3.8) is 0 Å². The lowest BCUT2D eigenvalue weighted by atomic mass is 9.93. The number of piperidine rings is 1. The van der Waals surface area contributed by atoms with E-state index < -0.39 is 5.79 Å². The van der Waals surface area contributed by atoms with E-state index in [2.05, 4.69) is 68.1 Å². The van der Waals surface area contributed by atoms with Crippen LogP contribution in [0.1, 0.15) is 53.1 Å². The first-order valence-corrected chi connectivity index (χ1v) is 12.0. The summed E-state index contributed by atoms with van der Waals surface area (Å²) >= 11 is 0. The Morgan fingerprint density at radius 3 is 2.36 bits per heavy atom. The molecule has 2 saturated heterocycles. The Balaban J connectivity index is 1.37. The Hall–Kier alpha value is -2.54. The summed E-state index contributed by atoms with van der Waals surface area (Å²) in [6.45, 7) is 9.59. The van der Waals surface area contributed by atoms with Crippen molar-refractivity contribution >= 4 is 11.6 Å². The molecule has 174 valence electrons. The van der Waals surface area contributed by atoms with Crippen LogP contribution >= 0.6 is 0 Å². The van der Waals surface area contributed by atoms with Crippen LogP contribution in [0.3, 0.4) is 0 Å². The highest BCUT2D eigenvalue weighted by Crippen LogP contribution is 2.36. The maximum atomic E-state index is 13.6. The van der Waals surface area contributed by atoms with E-state index in [1.165, 1.54) is 22.3 Å². The molecule has 0 radical (unpaired) electrons. The number of carbonyl (C=O) groups excluding carboxylic acids is 1. The zero-order valence-corrected chi connectivity index (χ0v) is 19.8. The van der Waals surface area contributed by atoms with E-state index in [0.717, 1.165) is 43.6 Å². The molecule has 3 aliphatic rings. The fourth-order valence-electron chi connectivity index (χ4n) is 5.12. The molecule has 2 fully saturated rings. The molecule has 1 atom stereocenters. The fourth-order valence-corrected chi connectivity index (χ4v) is 5.12. The summed E-state index contributed by atoms with van der Waals surface area (Å²) in [7, 11) is 0. The molecule has 5 rings (SSSR count). The van der Waals surface area contributed by atoms with E-state index in [-0.39, 0.29) is 11.9 Å². The number of aryl methyl sites for hydroxylation is 3. The van der Waals surface area contributed by atoms with Crippen LogP contribution in [-0.4, -0.2) is 60.2 Å². The third kappa shape index (κ3) is 4.60. The van der Waals surface area contributed by atoms with Gasteiger partial charge in [0.15, 0.2) is 5.79 Å². The number of ether oxygens (including phenoxy) is 2. The van der Waals surface area contributed by atoms with Crippen LogP contribution in [0.15, 0.2) is 47.6 Å². The summed E-state index contributed by atoms with van der Waals surface area (Å²) in [5, 5.41) is 6.62. The average molecular weight is 448 g/mol. The summed E-state index contributed by atoms with van der Waals surface area (Å²) in [6.07, 6.45) is 2.33. The minimum atomic E-state index is -0.425. The monoisotopic (exact) mass is 447 g/mol. The number of carbonyl (C=O) groups is 1. The number of benzene rings is 2. The van der Waals surface area contributed by atoms with Gasteiger partial charge in [0.2, 0.25) is 0 Å². The number of hydrazone groups is 1. The summed E-state index contributed by atoms with van der Waals surface area (Å²) in [5.41, 5.74) is 6.85. The topological polar surface area (TPSA) is 54.4 Å². The Bertz CT molecular complexity index is 1050. The number of likely N-dealkylation sites (tertiary alicyclic amines) is 1. The molecule has 2 aromatic rings. The van der Waals surface area contributed by atoms with Crippen LogP contribution in [0.25, 0.3) is 0 Å². The van der Waals surface area contributed by atoms with Crippen molar-refractivity contribution in [3.05, 3.63) is 70.3 Å². The molecule has 0 aromatic heterocycles. The van der Waals surface area contributed by atoms with E-state index >= 15 is 0 Å². The first kappa shape index (κ1) is 22.3. The maximum absolute atomic E-state index is 13.6. The smallest absolute Gasteiger partial charge is 0.257 e. The Labute approximate surface area is 196 Å². The van der Waals surface area contributed by atoms with Gasteiger partial charge >= 0.3 is 0 Å². The lowest BCUT2D eigenvalue weighted by Gasteiger charge is -2.37. The second-order valence-electron chi connectivity index (χ2n) is 9.61. The number of nitrogens with zero attached hydrogens (tertiary/aromatic N) is 3. The molecular weight excluding hydrogens is 414 g/mol. The highest BCUT2D eigenvalue weighted by atomic mass is 16.7. The quantitative estimate of drug-likeness (QED) is 0.707. The zero-order valence-electron chi connectivity index (χ0n) is 19.8. The van der Waals surface area contributed by atoms with Gasteiger partial charge in [-0.15, -0.1) is 0 Å². The van der Waals surface area contributed by atoms with Gasteiger partial charge < -0.3 is 9.47 Å². The number of hydrogen-bond donors (Lipinski definition) is 0. The highest BCUT2D eigenvalue weighted by Gasteiger charge is 2.41. The third-order valence-corrected chi connectivity index (χ3v) is 7.13. The number of rotatable bonds is 4. The molecule has 2 aromatic carbocycles. The molecule has 0 bridgehead atoms. The fraction of sp³-hybridized carbons (Fsp3) is 0.481. The van der Waals surface area contributed by atoms with Crippen LogP contribution in [0, 0.1) is 20.8 Å². The molecule has 0 saturated carbocycles. The molecule has 0 aliphatic carbocycles. The second kappa shape index (κ2) is 9.01. The first-order valence-electron chi connectivity index (χ1n) is 12.0. The van der Waals surface area contributed by atoms with E-state index in [0.29, 0.717) is 19.8 Å². The standard InChI is InChI=1S/C27H33N3O3/c1-19-5-8-22(9-6-19)24-17-25(23-16-20(2)4-7-21(23)3)30(28-24)26(31)18-29-12-10-27(11-13-29)32-14-15-33-27/h4-9,16,25H,10-15,17-18H2,1-3H3/t25-/m1/s1. The van der Waals surface area contributed by atoms with Crippen molar-refractivity contribution in [2.45, 2.75) is 51.9 Å². The van der Waals surface area contributed by atoms with Gasteiger partial charge in [-0.25, -0.2) is 5.01 Å². The van der Waals surface area contributed by atoms with Crippen molar-refractivity contribution in [1.29, 1.82) is 0 Å². The molecular formula is C27H33N3O3. The summed E-state index contributed by atoms with van der Waals surface area (Å²) in [6, 6.07) is 14.8. The lowest BCUT2D eigenvalue weighted by Crippen LogP contribution is -2.48. The van der Waals surface area contributed by atoms with Gasteiger partial charge in [-0.3, -0.25) is 9.69 Å². The van der Waals surface area contributed by atoms with Crippen LogP contribution in [0.5, 0.6) is 0 Å². The number of hydrogen-bond acceptors (Lipinski definition) is 5. The molecule has 1 amide bonds. The van der Waals surface area contributed by atoms with Crippen molar-refractivity contribution < 1.29 is 14.3 Å². The van der Waals surface area contributed by atoms with E-state index in [1.807, 2.05) is 0 Å². The van der Waals surface area contributed by atoms with Crippen LogP contribution in [0.2, 0.25) is 0 Å². The van der Waals surface area contributed by atoms with Crippen LogP contribution in [-0.2, 0) is 14.3 Å².